The third-order valence-electron chi connectivity index (χ3n) is 2.85. The Morgan fingerprint density at radius 1 is 1.21 bits per heavy atom. The molecular formula is C14H17F2N3. The number of nitrogens with two attached hydrogens (primary N) is 1. The minimum atomic E-state index is -0.613. The number of H-pyrrole nitrogens is 1. The Bertz CT molecular complexity index is 543. The molecule has 3 nitrogen and oxygen atoms in total. The molecule has 3 N–H and O–H groups in total. The molecule has 1 unspecified atom stereocenters. The first-order valence-electron chi connectivity index (χ1n) is 6.22. The van der Waals surface area contributed by atoms with Gasteiger partial charge in [-0.3, -0.25) is 0 Å². The fraction of sp³-hybridized carbons (Fsp3) is 0.357. The molecule has 2 aromatic rings. The standard InChI is InChI=1S/C14H17F2N3/c1-8(2)3-12(17)14-18-7-13(19-14)9-4-10(15)6-11(16)5-9/h4-8,12H,3,17H2,1-2H3,(H,18,19). The van der Waals surface area contributed by atoms with Crippen LogP contribution in [0.4, 0.5) is 8.78 Å². The molecule has 0 aliphatic carbocycles. The van der Waals surface area contributed by atoms with Gasteiger partial charge in [0, 0.05) is 11.6 Å². The first-order chi connectivity index (χ1) is 8.95. The van der Waals surface area contributed by atoms with Gasteiger partial charge in [0.2, 0.25) is 0 Å². The average molecular weight is 265 g/mol. The minimum Gasteiger partial charge on any atom is -0.341 e. The number of rotatable bonds is 4. The van der Waals surface area contributed by atoms with Crippen LogP contribution < -0.4 is 5.73 Å². The Labute approximate surface area is 110 Å². The third-order valence-corrected chi connectivity index (χ3v) is 2.85. The van der Waals surface area contributed by atoms with E-state index in [1.165, 1.54) is 12.1 Å². The highest BCUT2D eigenvalue weighted by Crippen LogP contribution is 2.23. The summed E-state index contributed by atoms with van der Waals surface area (Å²) in [4.78, 5) is 7.20. The van der Waals surface area contributed by atoms with Crippen molar-refractivity contribution in [2.24, 2.45) is 11.7 Å². The van der Waals surface area contributed by atoms with Gasteiger partial charge in [-0.25, -0.2) is 13.8 Å². The van der Waals surface area contributed by atoms with Crippen LogP contribution in [0.15, 0.2) is 24.4 Å². The minimum absolute atomic E-state index is 0.202. The SMILES string of the molecule is CC(C)CC(N)c1ncc(-c2cc(F)cc(F)c2)[nH]1. The predicted molar refractivity (Wildman–Crippen MR) is 70.3 cm³/mol. The van der Waals surface area contributed by atoms with Crippen molar-refractivity contribution < 1.29 is 8.78 Å². The first-order valence-corrected chi connectivity index (χ1v) is 6.22. The lowest BCUT2D eigenvalue weighted by atomic mass is 10.0. The molecule has 0 aliphatic rings. The van der Waals surface area contributed by atoms with Crippen LogP contribution in [0.3, 0.4) is 0 Å². The van der Waals surface area contributed by atoms with E-state index in [2.05, 4.69) is 23.8 Å². The molecule has 0 aliphatic heterocycles. The number of nitrogens with one attached hydrogen (secondary N) is 1. The molecule has 1 aromatic heterocycles. The van der Waals surface area contributed by atoms with E-state index in [0.717, 1.165) is 12.5 Å². The average Bonchev–Trinajstić information content (AvgIpc) is 2.75. The second kappa shape index (κ2) is 5.48. The smallest absolute Gasteiger partial charge is 0.126 e. The van der Waals surface area contributed by atoms with Crippen molar-refractivity contribution in [3.8, 4) is 11.3 Å². The largest absolute Gasteiger partial charge is 0.341 e. The molecule has 0 amide bonds. The Kier molecular flexibility index (Phi) is 3.95. The van der Waals surface area contributed by atoms with Crippen molar-refractivity contribution in [1.82, 2.24) is 9.97 Å². The van der Waals surface area contributed by atoms with Crippen LogP contribution >= 0.6 is 0 Å². The van der Waals surface area contributed by atoms with Gasteiger partial charge in [0.15, 0.2) is 0 Å². The van der Waals surface area contributed by atoms with Gasteiger partial charge >= 0.3 is 0 Å². The molecule has 2 rings (SSSR count). The van der Waals surface area contributed by atoms with Gasteiger partial charge in [-0.05, 0) is 24.5 Å². The zero-order chi connectivity index (χ0) is 14.0. The lowest BCUT2D eigenvalue weighted by Gasteiger charge is -2.11. The number of imidazole rings is 1. The predicted octanol–water partition coefficient (Wildman–Crippen LogP) is 3.40. The van der Waals surface area contributed by atoms with Crippen molar-refractivity contribution in [2.45, 2.75) is 26.3 Å². The highest BCUT2D eigenvalue weighted by molar-refractivity contribution is 5.58. The van der Waals surface area contributed by atoms with Gasteiger partial charge in [0.25, 0.3) is 0 Å². The van der Waals surface area contributed by atoms with Gasteiger partial charge in [-0.2, -0.15) is 0 Å². The molecule has 0 saturated heterocycles. The summed E-state index contributed by atoms with van der Waals surface area (Å²) in [6.07, 6.45) is 2.34. The normalized spacial score (nSPS) is 12.9. The Hall–Kier alpha value is -1.75. The van der Waals surface area contributed by atoms with Gasteiger partial charge in [0.1, 0.15) is 17.5 Å². The number of nitrogens with zero attached hydrogens (tertiary/aromatic N) is 1. The van der Waals surface area contributed by atoms with E-state index in [0.29, 0.717) is 23.0 Å². The lowest BCUT2D eigenvalue weighted by Crippen LogP contribution is -2.14. The first kappa shape index (κ1) is 13.7. The van der Waals surface area contributed by atoms with E-state index in [4.69, 9.17) is 5.73 Å². The van der Waals surface area contributed by atoms with Crippen LogP contribution in [0.25, 0.3) is 11.3 Å². The monoisotopic (exact) mass is 265 g/mol. The van der Waals surface area contributed by atoms with E-state index in [1.807, 2.05) is 0 Å². The fourth-order valence-corrected chi connectivity index (χ4v) is 2.00. The van der Waals surface area contributed by atoms with Crippen molar-refractivity contribution in [2.75, 3.05) is 0 Å². The van der Waals surface area contributed by atoms with E-state index in [9.17, 15) is 8.78 Å². The molecule has 0 spiro atoms. The van der Waals surface area contributed by atoms with Crippen LogP contribution in [-0.2, 0) is 0 Å². The van der Waals surface area contributed by atoms with Crippen LogP contribution in [-0.4, -0.2) is 9.97 Å². The van der Waals surface area contributed by atoms with E-state index in [1.54, 1.807) is 6.20 Å². The maximum absolute atomic E-state index is 13.2. The third kappa shape index (κ3) is 3.38. The molecule has 0 bridgehead atoms. The number of hydrogen-bond acceptors (Lipinski definition) is 2. The number of aromatic nitrogens is 2. The molecule has 0 saturated carbocycles. The number of hydrogen-bond donors (Lipinski definition) is 2. The summed E-state index contributed by atoms with van der Waals surface area (Å²) in [5, 5.41) is 0. The molecular weight excluding hydrogens is 248 g/mol. The van der Waals surface area contributed by atoms with Crippen LogP contribution in [0.1, 0.15) is 32.1 Å². The van der Waals surface area contributed by atoms with Crippen LogP contribution in [0, 0.1) is 17.6 Å². The second-order valence-corrected chi connectivity index (χ2v) is 5.08. The molecule has 1 atom stereocenters. The van der Waals surface area contributed by atoms with Crippen LogP contribution in [0.2, 0.25) is 0 Å². The van der Waals surface area contributed by atoms with Gasteiger partial charge < -0.3 is 10.7 Å². The summed E-state index contributed by atoms with van der Waals surface area (Å²) < 4.78 is 26.3. The van der Waals surface area contributed by atoms with Crippen molar-refractivity contribution in [1.29, 1.82) is 0 Å². The lowest BCUT2D eigenvalue weighted by molar-refractivity contribution is 0.496. The van der Waals surface area contributed by atoms with Gasteiger partial charge in [0.05, 0.1) is 17.9 Å². The maximum atomic E-state index is 13.2. The van der Waals surface area contributed by atoms with Crippen LogP contribution in [0.5, 0.6) is 0 Å². The topological polar surface area (TPSA) is 54.7 Å². The maximum Gasteiger partial charge on any atom is 0.126 e. The highest BCUT2D eigenvalue weighted by Gasteiger charge is 2.13. The summed E-state index contributed by atoms with van der Waals surface area (Å²) in [7, 11) is 0. The highest BCUT2D eigenvalue weighted by atomic mass is 19.1. The number of benzene rings is 1. The Morgan fingerprint density at radius 3 is 2.42 bits per heavy atom. The molecule has 1 aromatic carbocycles. The quantitative estimate of drug-likeness (QED) is 0.890. The molecule has 102 valence electrons. The zero-order valence-corrected chi connectivity index (χ0v) is 11.0. The van der Waals surface area contributed by atoms with E-state index in [-0.39, 0.29) is 6.04 Å². The Morgan fingerprint density at radius 2 is 1.84 bits per heavy atom. The Balaban J connectivity index is 2.25. The van der Waals surface area contributed by atoms with Crippen molar-refractivity contribution >= 4 is 0 Å². The molecule has 19 heavy (non-hydrogen) atoms. The number of aromatic amines is 1. The molecule has 5 heteroatoms. The summed E-state index contributed by atoms with van der Waals surface area (Å²) in [6, 6.07) is 3.15. The summed E-state index contributed by atoms with van der Waals surface area (Å²) in [5.41, 5.74) is 6.99. The zero-order valence-electron chi connectivity index (χ0n) is 11.0. The summed E-state index contributed by atoms with van der Waals surface area (Å²) in [5.74, 6) is -0.140. The van der Waals surface area contributed by atoms with E-state index >= 15 is 0 Å². The number of halogens is 2. The van der Waals surface area contributed by atoms with Crippen molar-refractivity contribution in [3.63, 3.8) is 0 Å². The molecule has 1 heterocycles. The summed E-state index contributed by atoms with van der Waals surface area (Å²) in [6.45, 7) is 4.15. The molecule has 0 fully saturated rings. The second-order valence-electron chi connectivity index (χ2n) is 5.08. The van der Waals surface area contributed by atoms with Gasteiger partial charge in [-0.15, -0.1) is 0 Å². The van der Waals surface area contributed by atoms with Gasteiger partial charge in [-0.1, -0.05) is 13.8 Å². The molecule has 0 radical (unpaired) electrons. The summed E-state index contributed by atoms with van der Waals surface area (Å²) >= 11 is 0. The van der Waals surface area contributed by atoms with E-state index < -0.39 is 11.6 Å². The fourth-order valence-electron chi connectivity index (χ4n) is 2.00. The van der Waals surface area contributed by atoms with Crippen molar-refractivity contribution in [3.05, 3.63) is 41.9 Å².